The molecule has 0 aromatic carbocycles. The molecule has 0 heterocycles. The Balaban J connectivity index is 3.38. The fraction of sp³-hybridized carbons (Fsp3) is 0.952. The van der Waals surface area contributed by atoms with Crippen LogP contribution in [0.4, 0.5) is 0 Å². The third-order valence-electron chi connectivity index (χ3n) is 4.98. The first-order chi connectivity index (χ1) is 11.5. The van der Waals surface area contributed by atoms with E-state index in [9.17, 15) is 15.0 Å². The van der Waals surface area contributed by atoms with E-state index in [4.69, 9.17) is 0 Å². The van der Waals surface area contributed by atoms with Gasteiger partial charge in [-0.1, -0.05) is 97.8 Å². The van der Waals surface area contributed by atoms with E-state index in [-0.39, 0.29) is 12.4 Å². The lowest BCUT2D eigenvalue weighted by Gasteiger charge is -2.27. The minimum absolute atomic E-state index is 0.128. The number of hydrogen-bond donors (Lipinski definition) is 2. The number of hydrogen-bond acceptors (Lipinski definition) is 3. The van der Waals surface area contributed by atoms with Crippen LogP contribution < -0.4 is 0 Å². The van der Waals surface area contributed by atoms with Crippen LogP contribution in [0.5, 0.6) is 0 Å². The maximum Gasteiger partial charge on any atom is 0.161 e. The summed E-state index contributed by atoms with van der Waals surface area (Å²) in [5.41, 5.74) is -0.729. The zero-order valence-electron chi connectivity index (χ0n) is 16.5. The molecular formula is C21H42O3. The van der Waals surface area contributed by atoms with Crippen LogP contribution >= 0.6 is 0 Å². The van der Waals surface area contributed by atoms with Gasteiger partial charge in [-0.05, 0) is 6.42 Å². The lowest BCUT2D eigenvalue weighted by Crippen LogP contribution is -2.39. The van der Waals surface area contributed by atoms with Crippen LogP contribution in [0.1, 0.15) is 111 Å². The molecule has 0 radical (unpaired) electrons. The van der Waals surface area contributed by atoms with Crippen molar-refractivity contribution in [3.63, 3.8) is 0 Å². The predicted octanol–water partition coefficient (Wildman–Crippen LogP) is 5.42. The average molecular weight is 343 g/mol. The Labute approximate surface area is 150 Å². The highest BCUT2D eigenvalue weighted by Crippen LogP contribution is 2.22. The number of aliphatic hydroxyl groups excluding tert-OH is 2. The minimum Gasteiger partial charge on any atom is -0.396 e. The summed E-state index contributed by atoms with van der Waals surface area (Å²) in [6.07, 6.45) is 16.1. The van der Waals surface area contributed by atoms with E-state index in [1.165, 1.54) is 70.6 Å². The van der Waals surface area contributed by atoms with Gasteiger partial charge in [-0.3, -0.25) is 4.79 Å². The largest absolute Gasteiger partial charge is 0.396 e. The Hall–Kier alpha value is -0.410. The molecule has 3 nitrogen and oxygen atoms in total. The van der Waals surface area contributed by atoms with Gasteiger partial charge in [0.1, 0.15) is 6.10 Å². The van der Waals surface area contributed by atoms with Crippen LogP contribution in [0, 0.1) is 5.41 Å². The molecule has 0 rings (SSSR count). The zero-order chi connectivity index (χ0) is 18.3. The van der Waals surface area contributed by atoms with Gasteiger partial charge in [0, 0.05) is 11.8 Å². The Kier molecular flexibility index (Phi) is 14.6. The summed E-state index contributed by atoms with van der Waals surface area (Å²) in [5.74, 6) is -0.128. The van der Waals surface area contributed by atoms with Crippen LogP contribution in [0.2, 0.25) is 0 Å². The quantitative estimate of drug-likeness (QED) is 0.347. The first-order valence-electron chi connectivity index (χ1n) is 10.3. The molecule has 3 heteroatoms. The van der Waals surface area contributed by atoms with Gasteiger partial charge in [-0.15, -0.1) is 0 Å². The molecule has 1 unspecified atom stereocenters. The van der Waals surface area contributed by atoms with Gasteiger partial charge in [0.2, 0.25) is 0 Å². The zero-order valence-corrected chi connectivity index (χ0v) is 16.5. The van der Waals surface area contributed by atoms with Crippen molar-refractivity contribution in [3.05, 3.63) is 0 Å². The summed E-state index contributed by atoms with van der Waals surface area (Å²) in [6, 6.07) is 0. The van der Waals surface area contributed by atoms with Crippen molar-refractivity contribution in [2.75, 3.05) is 6.61 Å². The molecule has 0 aromatic rings. The van der Waals surface area contributed by atoms with Gasteiger partial charge >= 0.3 is 0 Å². The topological polar surface area (TPSA) is 57.5 Å². The maximum atomic E-state index is 11.9. The summed E-state index contributed by atoms with van der Waals surface area (Å²) in [6.45, 7) is 5.53. The molecule has 0 amide bonds. The summed E-state index contributed by atoms with van der Waals surface area (Å²) in [7, 11) is 0. The number of carbonyl (C=O) groups is 1. The Morgan fingerprint density at radius 3 is 1.54 bits per heavy atom. The Morgan fingerprint density at radius 1 is 0.792 bits per heavy atom. The number of aliphatic hydroxyl groups is 2. The highest BCUT2D eigenvalue weighted by atomic mass is 16.3. The molecule has 0 bridgehead atoms. The van der Waals surface area contributed by atoms with Crippen LogP contribution in [-0.2, 0) is 4.79 Å². The van der Waals surface area contributed by atoms with E-state index < -0.39 is 11.5 Å². The van der Waals surface area contributed by atoms with Crippen molar-refractivity contribution in [2.24, 2.45) is 5.41 Å². The van der Waals surface area contributed by atoms with Crippen molar-refractivity contribution in [1.82, 2.24) is 0 Å². The van der Waals surface area contributed by atoms with Crippen molar-refractivity contribution >= 4 is 5.78 Å². The summed E-state index contributed by atoms with van der Waals surface area (Å²) in [4.78, 5) is 11.9. The molecule has 2 N–H and O–H groups in total. The fourth-order valence-electron chi connectivity index (χ4n) is 2.98. The second kappa shape index (κ2) is 14.9. The molecule has 0 aromatic heterocycles. The number of carbonyl (C=O) groups excluding carboxylic acids is 1. The van der Waals surface area contributed by atoms with Gasteiger partial charge < -0.3 is 10.2 Å². The molecule has 0 aliphatic heterocycles. The lowest BCUT2D eigenvalue weighted by molar-refractivity contribution is -0.134. The van der Waals surface area contributed by atoms with Crippen molar-refractivity contribution in [3.8, 4) is 0 Å². The van der Waals surface area contributed by atoms with Gasteiger partial charge in [0.25, 0.3) is 0 Å². The molecule has 0 aliphatic carbocycles. The van der Waals surface area contributed by atoms with Crippen molar-refractivity contribution < 1.29 is 15.0 Å². The maximum absolute atomic E-state index is 11.9. The van der Waals surface area contributed by atoms with Crippen molar-refractivity contribution in [1.29, 1.82) is 0 Å². The van der Waals surface area contributed by atoms with E-state index in [0.29, 0.717) is 6.42 Å². The van der Waals surface area contributed by atoms with E-state index in [1.807, 2.05) is 0 Å². The summed E-state index contributed by atoms with van der Waals surface area (Å²) < 4.78 is 0. The average Bonchev–Trinajstić information content (AvgIpc) is 2.58. The molecule has 0 aliphatic rings. The van der Waals surface area contributed by atoms with E-state index in [1.54, 1.807) is 13.8 Å². The number of unbranched alkanes of at least 4 members (excludes halogenated alkanes) is 12. The predicted molar refractivity (Wildman–Crippen MR) is 102 cm³/mol. The monoisotopic (exact) mass is 342 g/mol. The second-order valence-electron chi connectivity index (χ2n) is 8.01. The van der Waals surface area contributed by atoms with Crippen LogP contribution in [0.3, 0.4) is 0 Å². The third kappa shape index (κ3) is 12.0. The third-order valence-corrected chi connectivity index (χ3v) is 4.98. The Bertz CT molecular complexity index is 299. The molecular weight excluding hydrogens is 300 g/mol. The summed E-state index contributed by atoms with van der Waals surface area (Å²) >= 11 is 0. The van der Waals surface area contributed by atoms with Gasteiger partial charge in [0.05, 0.1) is 6.61 Å². The van der Waals surface area contributed by atoms with E-state index in [0.717, 1.165) is 12.8 Å². The Morgan fingerprint density at radius 2 is 1.17 bits per heavy atom. The smallest absolute Gasteiger partial charge is 0.161 e. The highest BCUT2D eigenvalue weighted by Gasteiger charge is 2.32. The molecule has 0 fully saturated rings. The van der Waals surface area contributed by atoms with Crippen LogP contribution in [0.25, 0.3) is 0 Å². The SMILES string of the molecule is CCCCCCCCCCCCCCCC(=O)C(O)C(C)(C)CO. The normalized spacial score (nSPS) is 13.2. The standard InChI is InChI=1S/C21H42O3/c1-4-5-6-7-8-9-10-11-12-13-14-15-16-17-19(23)20(24)21(2,3)18-22/h20,22,24H,4-18H2,1-3H3. The van der Waals surface area contributed by atoms with Gasteiger partial charge in [0.15, 0.2) is 5.78 Å². The number of Topliss-reactive ketones (excluding diaryl/α,β-unsaturated/α-hetero) is 1. The van der Waals surface area contributed by atoms with E-state index in [2.05, 4.69) is 6.92 Å². The van der Waals surface area contributed by atoms with Gasteiger partial charge in [-0.25, -0.2) is 0 Å². The first-order valence-corrected chi connectivity index (χ1v) is 10.3. The highest BCUT2D eigenvalue weighted by molar-refractivity contribution is 5.83. The molecule has 0 spiro atoms. The summed E-state index contributed by atoms with van der Waals surface area (Å²) in [5, 5.41) is 19.1. The molecule has 0 saturated carbocycles. The molecule has 24 heavy (non-hydrogen) atoms. The van der Waals surface area contributed by atoms with Crippen molar-refractivity contribution in [2.45, 2.75) is 117 Å². The lowest BCUT2D eigenvalue weighted by atomic mass is 9.84. The number of rotatable bonds is 17. The molecule has 1 atom stereocenters. The van der Waals surface area contributed by atoms with E-state index >= 15 is 0 Å². The van der Waals surface area contributed by atoms with Gasteiger partial charge in [-0.2, -0.15) is 0 Å². The minimum atomic E-state index is -1.04. The first kappa shape index (κ1) is 23.6. The molecule has 0 saturated heterocycles. The van der Waals surface area contributed by atoms with Crippen LogP contribution in [-0.4, -0.2) is 28.7 Å². The van der Waals surface area contributed by atoms with Crippen LogP contribution in [0.15, 0.2) is 0 Å². The molecule has 144 valence electrons. The fourth-order valence-corrected chi connectivity index (χ4v) is 2.98. The second-order valence-corrected chi connectivity index (χ2v) is 8.01. The number of ketones is 1.